The van der Waals surface area contributed by atoms with Crippen LogP contribution in [0.4, 0.5) is 0 Å². The molecule has 1 fully saturated rings. The van der Waals surface area contributed by atoms with Crippen molar-refractivity contribution in [2.75, 3.05) is 33.4 Å². The van der Waals surface area contributed by atoms with Gasteiger partial charge >= 0.3 is 0 Å². The summed E-state index contributed by atoms with van der Waals surface area (Å²) >= 11 is 0. The molecule has 1 saturated heterocycles. The molecular weight excluding hydrogens is 364 g/mol. The van der Waals surface area contributed by atoms with Crippen molar-refractivity contribution in [2.24, 2.45) is 5.92 Å². The molecule has 1 unspecified atom stereocenters. The van der Waals surface area contributed by atoms with E-state index in [0.717, 1.165) is 50.6 Å². The van der Waals surface area contributed by atoms with Crippen molar-refractivity contribution in [3.8, 4) is 5.75 Å². The van der Waals surface area contributed by atoms with Gasteiger partial charge in [-0.3, -0.25) is 9.69 Å². The number of amides is 1. The van der Waals surface area contributed by atoms with Crippen LogP contribution in [0.2, 0.25) is 0 Å². The number of benzene rings is 2. The van der Waals surface area contributed by atoms with E-state index in [1.54, 1.807) is 7.11 Å². The van der Waals surface area contributed by atoms with Crippen LogP contribution in [-0.4, -0.2) is 44.2 Å². The molecule has 2 aromatic rings. The van der Waals surface area contributed by atoms with E-state index in [1.165, 1.54) is 5.56 Å². The Balaban J connectivity index is 1.64. The van der Waals surface area contributed by atoms with Gasteiger partial charge in [-0.05, 0) is 47.7 Å². The quantitative estimate of drug-likeness (QED) is 0.732. The van der Waals surface area contributed by atoms with Crippen molar-refractivity contribution in [1.29, 1.82) is 0 Å². The topological polar surface area (TPSA) is 50.8 Å². The monoisotopic (exact) mass is 396 g/mol. The third-order valence-corrected chi connectivity index (χ3v) is 5.26. The van der Waals surface area contributed by atoms with Crippen molar-refractivity contribution < 1.29 is 14.3 Å². The average Bonchev–Trinajstić information content (AvgIpc) is 2.74. The number of carbonyl (C=O) groups is 1. The normalized spacial score (nSPS) is 15.9. The molecule has 0 spiro atoms. The molecule has 1 N–H and O–H groups in total. The van der Waals surface area contributed by atoms with Crippen molar-refractivity contribution in [3.63, 3.8) is 0 Å². The van der Waals surface area contributed by atoms with Crippen molar-refractivity contribution in [1.82, 2.24) is 10.2 Å². The van der Waals surface area contributed by atoms with Gasteiger partial charge in [0.1, 0.15) is 5.75 Å². The molecule has 0 radical (unpaired) electrons. The number of methoxy groups -OCH3 is 1. The van der Waals surface area contributed by atoms with E-state index in [1.807, 2.05) is 36.4 Å². The zero-order valence-electron chi connectivity index (χ0n) is 17.7. The van der Waals surface area contributed by atoms with Gasteiger partial charge in [-0.15, -0.1) is 0 Å². The Labute approximate surface area is 174 Å². The van der Waals surface area contributed by atoms with E-state index < -0.39 is 0 Å². The van der Waals surface area contributed by atoms with E-state index in [9.17, 15) is 4.79 Å². The predicted molar refractivity (Wildman–Crippen MR) is 115 cm³/mol. The second kappa shape index (κ2) is 10.4. The second-order valence-electron chi connectivity index (χ2n) is 8.01. The highest BCUT2D eigenvalue weighted by Crippen LogP contribution is 2.24. The SMILES string of the molecule is COc1ccc(C(CC(C)C)NC(=O)c2ccc(CN3CCOCC3)cc2)cc1. The number of morpholine rings is 1. The van der Waals surface area contributed by atoms with Crippen LogP contribution in [-0.2, 0) is 11.3 Å². The van der Waals surface area contributed by atoms with Crippen molar-refractivity contribution in [3.05, 3.63) is 65.2 Å². The van der Waals surface area contributed by atoms with Crippen LogP contribution in [0.25, 0.3) is 0 Å². The molecule has 2 aromatic carbocycles. The molecule has 1 amide bonds. The van der Waals surface area contributed by atoms with E-state index in [-0.39, 0.29) is 11.9 Å². The number of rotatable bonds is 8. The highest BCUT2D eigenvalue weighted by Gasteiger charge is 2.18. The summed E-state index contributed by atoms with van der Waals surface area (Å²) in [6.07, 6.45) is 0.882. The van der Waals surface area contributed by atoms with Gasteiger partial charge in [-0.1, -0.05) is 38.1 Å². The molecule has 1 atom stereocenters. The molecule has 0 aliphatic carbocycles. The maximum absolute atomic E-state index is 12.9. The summed E-state index contributed by atoms with van der Waals surface area (Å²) in [6.45, 7) is 8.74. The zero-order chi connectivity index (χ0) is 20.6. The van der Waals surface area contributed by atoms with Crippen LogP contribution < -0.4 is 10.1 Å². The smallest absolute Gasteiger partial charge is 0.251 e. The van der Waals surface area contributed by atoms with Crippen LogP contribution in [0.5, 0.6) is 5.75 Å². The highest BCUT2D eigenvalue weighted by atomic mass is 16.5. The summed E-state index contributed by atoms with van der Waals surface area (Å²) in [6, 6.07) is 15.8. The van der Waals surface area contributed by atoms with Gasteiger partial charge in [0.15, 0.2) is 0 Å². The molecule has 3 rings (SSSR count). The van der Waals surface area contributed by atoms with E-state index in [0.29, 0.717) is 11.5 Å². The Morgan fingerprint density at radius 3 is 2.31 bits per heavy atom. The molecule has 29 heavy (non-hydrogen) atoms. The number of nitrogens with zero attached hydrogens (tertiary/aromatic N) is 1. The lowest BCUT2D eigenvalue weighted by atomic mass is 9.96. The van der Waals surface area contributed by atoms with E-state index in [4.69, 9.17) is 9.47 Å². The lowest BCUT2D eigenvalue weighted by Crippen LogP contribution is -2.35. The van der Waals surface area contributed by atoms with Crippen molar-refractivity contribution >= 4 is 5.91 Å². The summed E-state index contributed by atoms with van der Waals surface area (Å²) in [5.41, 5.74) is 3.01. The number of hydrogen-bond acceptors (Lipinski definition) is 4. The molecule has 156 valence electrons. The summed E-state index contributed by atoms with van der Waals surface area (Å²) in [5, 5.41) is 3.21. The maximum Gasteiger partial charge on any atom is 0.251 e. The van der Waals surface area contributed by atoms with Gasteiger partial charge in [0.2, 0.25) is 0 Å². The molecule has 0 aromatic heterocycles. The molecule has 0 bridgehead atoms. The fourth-order valence-corrected chi connectivity index (χ4v) is 3.61. The number of hydrogen-bond donors (Lipinski definition) is 1. The van der Waals surface area contributed by atoms with E-state index >= 15 is 0 Å². The van der Waals surface area contributed by atoms with Crippen LogP contribution in [0.3, 0.4) is 0 Å². The predicted octanol–water partition coefficient (Wildman–Crippen LogP) is 4.04. The Bertz CT molecular complexity index is 766. The Morgan fingerprint density at radius 2 is 1.72 bits per heavy atom. The standard InChI is InChI=1S/C24H32N2O3/c1-18(2)16-23(20-8-10-22(28-3)11-9-20)25-24(27)21-6-4-19(5-7-21)17-26-12-14-29-15-13-26/h4-11,18,23H,12-17H2,1-3H3,(H,25,27). The maximum atomic E-state index is 12.9. The lowest BCUT2D eigenvalue weighted by molar-refractivity contribution is 0.0342. The Morgan fingerprint density at radius 1 is 1.07 bits per heavy atom. The van der Waals surface area contributed by atoms with Gasteiger partial charge in [0, 0.05) is 25.2 Å². The number of ether oxygens (including phenoxy) is 2. The largest absolute Gasteiger partial charge is 0.497 e. The van der Waals surface area contributed by atoms with Gasteiger partial charge in [0.05, 0.1) is 26.4 Å². The first-order valence-corrected chi connectivity index (χ1v) is 10.4. The first-order chi connectivity index (χ1) is 14.0. The fraction of sp³-hybridized carbons (Fsp3) is 0.458. The third kappa shape index (κ3) is 6.31. The molecule has 0 saturated carbocycles. The Hall–Kier alpha value is -2.37. The first kappa shape index (κ1) is 21.3. The minimum atomic E-state index is -0.0376. The zero-order valence-corrected chi connectivity index (χ0v) is 17.7. The molecule has 1 aliphatic heterocycles. The van der Waals surface area contributed by atoms with Crippen LogP contribution in [0.1, 0.15) is 47.8 Å². The fourth-order valence-electron chi connectivity index (χ4n) is 3.61. The van der Waals surface area contributed by atoms with Crippen LogP contribution in [0, 0.1) is 5.92 Å². The van der Waals surface area contributed by atoms with Gasteiger partial charge in [-0.2, -0.15) is 0 Å². The molecular formula is C24H32N2O3. The summed E-state index contributed by atoms with van der Waals surface area (Å²) < 4.78 is 10.6. The molecule has 1 heterocycles. The molecule has 5 heteroatoms. The van der Waals surface area contributed by atoms with E-state index in [2.05, 4.69) is 36.2 Å². The summed E-state index contributed by atoms with van der Waals surface area (Å²) in [4.78, 5) is 15.2. The minimum absolute atomic E-state index is 0.0265. The number of nitrogens with one attached hydrogen (secondary N) is 1. The third-order valence-electron chi connectivity index (χ3n) is 5.26. The molecule has 1 aliphatic rings. The van der Waals surface area contributed by atoms with Gasteiger partial charge < -0.3 is 14.8 Å². The highest BCUT2D eigenvalue weighted by molar-refractivity contribution is 5.94. The Kier molecular flexibility index (Phi) is 7.67. The van der Waals surface area contributed by atoms with Crippen LogP contribution >= 0.6 is 0 Å². The second-order valence-corrected chi connectivity index (χ2v) is 8.01. The van der Waals surface area contributed by atoms with Gasteiger partial charge in [0.25, 0.3) is 5.91 Å². The minimum Gasteiger partial charge on any atom is -0.497 e. The van der Waals surface area contributed by atoms with Crippen LogP contribution in [0.15, 0.2) is 48.5 Å². The first-order valence-electron chi connectivity index (χ1n) is 10.4. The molecule has 5 nitrogen and oxygen atoms in total. The number of carbonyl (C=O) groups excluding carboxylic acids is 1. The lowest BCUT2D eigenvalue weighted by Gasteiger charge is -2.26. The summed E-state index contributed by atoms with van der Waals surface area (Å²) in [5.74, 6) is 1.25. The van der Waals surface area contributed by atoms with Crippen molar-refractivity contribution in [2.45, 2.75) is 32.9 Å². The average molecular weight is 397 g/mol. The van der Waals surface area contributed by atoms with Gasteiger partial charge in [-0.25, -0.2) is 0 Å². The summed E-state index contributed by atoms with van der Waals surface area (Å²) in [7, 11) is 1.66.